The summed E-state index contributed by atoms with van der Waals surface area (Å²) >= 11 is 0. The van der Waals surface area contributed by atoms with E-state index < -0.39 is 32.7 Å². The minimum atomic E-state index is -1.89. The number of ether oxygens (including phenoxy) is 1. The molecule has 4 atom stereocenters. The third kappa shape index (κ3) is 3.52. The lowest BCUT2D eigenvalue weighted by Gasteiger charge is -2.40. The van der Waals surface area contributed by atoms with E-state index in [9.17, 15) is 15.3 Å². The number of rotatable bonds is 3. The zero-order chi connectivity index (χ0) is 14.1. The maximum absolute atomic E-state index is 9.81. The van der Waals surface area contributed by atoms with Gasteiger partial charge in [0.25, 0.3) is 0 Å². The fraction of sp³-hybridized carbons (Fsp3) is 1.00. The van der Waals surface area contributed by atoms with Gasteiger partial charge < -0.3 is 24.5 Å². The third-order valence-corrected chi connectivity index (χ3v) is 8.52. The first-order chi connectivity index (χ1) is 8.06. The van der Waals surface area contributed by atoms with Gasteiger partial charge in [0.05, 0.1) is 13.2 Å². The third-order valence-electron chi connectivity index (χ3n) is 4.02. The number of aliphatic hydroxyl groups excluding tert-OH is 3. The van der Waals surface area contributed by atoms with E-state index in [4.69, 9.17) is 9.16 Å². The van der Waals surface area contributed by atoms with Crippen molar-refractivity contribution >= 4 is 8.32 Å². The molecule has 0 aromatic heterocycles. The second kappa shape index (κ2) is 5.56. The Labute approximate surface area is 110 Å². The lowest BCUT2D eigenvalue weighted by molar-refractivity contribution is -0.193. The number of hydrogen-bond donors (Lipinski definition) is 3. The molecule has 0 bridgehead atoms. The first kappa shape index (κ1) is 16.1. The molecule has 1 aliphatic rings. The largest absolute Gasteiger partial charge is 0.414 e. The highest BCUT2D eigenvalue weighted by Gasteiger charge is 2.41. The molecule has 0 amide bonds. The van der Waals surface area contributed by atoms with Gasteiger partial charge in [0.1, 0.15) is 24.4 Å². The van der Waals surface area contributed by atoms with Gasteiger partial charge in [-0.05, 0) is 18.1 Å². The molecular weight excluding hydrogens is 252 g/mol. The van der Waals surface area contributed by atoms with Crippen molar-refractivity contribution in [3.63, 3.8) is 0 Å². The van der Waals surface area contributed by atoms with E-state index in [0.717, 1.165) is 0 Å². The molecular formula is C12H26O5Si. The Morgan fingerprint density at radius 1 is 1.17 bits per heavy atom. The summed E-state index contributed by atoms with van der Waals surface area (Å²) in [5.41, 5.74) is 0. The maximum atomic E-state index is 9.81. The van der Waals surface area contributed by atoms with Crippen LogP contribution >= 0.6 is 0 Å². The van der Waals surface area contributed by atoms with Gasteiger partial charge in [0.15, 0.2) is 8.32 Å². The average Bonchev–Trinajstić information content (AvgIpc) is 2.23. The summed E-state index contributed by atoms with van der Waals surface area (Å²) in [5, 5.41) is 28.8. The Balaban J connectivity index is 2.54. The summed E-state index contributed by atoms with van der Waals surface area (Å²) in [6.45, 7) is 10.9. The van der Waals surface area contributed by atoms with Gasteiger partial charge in [-0.2, -0.15) is 0 Å². The van der Waals surface area contributed by atoms with E-state index in [0.29, 0.717) is 0 Å². The molecule has 1 saturated heterocycles. The molecule has 0 saturated carbocycles. The molecule has 0 aromatic rings. The molecule has 0 aliphatic carbocycles. The van der Waals surface area contributed by atoms with Crippen molar-refractivity contribution < 1.29 is 24.5 Å². The zero-order valence-electron chi connectivity index (χ0n) is 11.9. The Hall–Kier alpha value is 0.0169. The highest BCUT2D eigenvalue weighted by atomic mass is 28.4. The molecule has 1 fully saturated rings. The van der Waals surface area contributed by atoms with Gasteiger partial charge in [0, 0.05) is 0 Å². The molecule has 108 valence electrons. The normalized spacial score (nSPS) is 34.7. The van der Waals surface area contributed by atoms with E-state index in [1.807, 2.05) is 0 Å². The van der Waals surface area contributed by atoms with Gasteiger partial charge in [-0.15, -0.1) is 0 Å². The van der Waals surface area contributed by atoms with Crippen LogP contribution in [-0.4, -0.2) is 61.3 Å². The van der Waals surface area contributed by atoms with Crippen LogP contribution < -0.4 is 0 Å². The Morgan fingerprint density at radius 2 is 1.72 bits per heavy atom. The molecule has 1 rings (SSSR count). The van der Waals surface area contributed by atoms with Crippen molar-refractivity contribution in [1.29, 1.82) is 0 Å². The van der Waals surface area contributed by atoms with Crippen molar-refractivity contribution in [2.45, 2.75) is 63.3 Å². The van der Waals surface area contributed by atoms with Crippen LogP contribution in [0, 0.1) is 0 Å². The van der Waals surface area contributed by atoms with Crippen LogP contribution in [0.1, 0.15) is 20.8 Å². The minimum absolute atomic E-state index is 0.0315. The summed E-state index contributed by atoms with van der Waals surface area (Å²) in [6, 6.07) is 0. The number of hydrogen-bond acceptors (Lipinski definition) is 5. The first-order valence-corrected chi connectivity index (χ1v) is 9.27. The van der Waals surface area contributed by atoms with Crippen molar-refractivity contribution in [2.24, 2.45) is 0 Å². The van der Waals surface area contributed by atoms with Crippen molar-refractivity contribution in [3.8, 4) is 0 Å². The predicted octanol–water partition coefficient (Wildman–Crippen LogP) is 0.490. The standard InChI is InChI=1S/C12H26O5Si/c1-12(2,3)18(4,5)17-7-9-11(15)10(14)8(13)6-16-9/h8-11,13-15H,6-7H2,1-5H3/t8-,9+,10+,11+/m0/s1. The fourth-order valence-corrected chi connectivity index (χ4v) is 2.53. The molecule has 0 radical (unpaired) electrons. The molecule has 18 heavy (non-hydrogen) atoms. The van der Waals surface area contributed by atoms with E-state index in [-0.39, 0.29) is 18.3 Å². The second-order valence-corrected chi connectivity index (χ2v) is 11.3. The molecule has 1 aliphatic heterocycles. The molecule has 5 nitrogen and oxygen atoms in total. The van der Waals surface area contributed by atoms with Crippen LogP contribution in [0.4, 0.5) is 0 Å². The van der Waals surface area contributed by atoms with Gasteiger partial charge in [-0.1, -0.05) is 20.8 Å². The zero-order valence-corrected chi connectivity index (χ0v) is 12.9. The smallest absolute Gasteiger partial charge is 0.192 e. The van der Waals surface area contributed by atoms with E-state index in [1.54, 1.807) is 0 Å². The monoisotopic (exact) mass is 278 g/mol. The summed E-state index contributed by atoms with van der Waals surface area (Å²) < 4.78 is 11.3. The predicted molar refractivity (Wildman–Crippen MR) is 70.9 cm³/mol. The molecule has 3 N–H and O–H groups in total. The van der Waals surface area contributed by atoms with Crippen LogP contribution in [0.5, 0.6) is 0 Å². The molecule has 0 aromatic carbocycles. The molecule has 1 heterocycles. The van der Waals surface area contributed by atoms with E-state index >= 15 is 0 Å². The van der Waals surface area contributed by atoms with Crippen LogP contribution in [0.25, 0.3) is 0 Å². The van der Waals surface area contributed by atoms with Crippen molar-refractivity contribution in [1.82, 2.24) is 0 Å². The van der Waals surface area contributed by atoms with Crippen LogP contribution in [0.3, 0.4) is 0 Å². The van der Waals surface area contributed by atoms with Gasteiger partial charge in [0.2, 0.25) is 0 Å². The van der Waals surface area contributed by atoms with Crippen molar-refractivity contribution in [2.75, 3.05) is 13.2 Å². The topological polar surface area (TPSA) is 79.2 Å². The fourth-order valence-electron chi connectivity index (χ4n) is 1.52. The molecule has 6 heteroatoms. The average molecular weight is 278 g/mol. The Morgan fingerprint density at radius 3 is 2.22 bits per heavy atom. The number of aliphatic hydroxyl groups is 3. The SMILES string of the molecule is CC(C)(C)[Si](C)(C)OC[C@H]1OC[C@H](O)[C@@H](O)[C@@H]1O. The highest BCUT2D eigenvalue weighted by Crippen LogP contribution is 2.36. The van der Waals surface area contributed by atoms with E-state index in [1.165, 1.54) is 0 Å². The Kier molecular flexibility index (Phi) is 4.97. The van der Waals surface area contributed by atoms with Crippen LogP contribution in [0.2, 0.25) is 18.1 Å². The van der Waals surface area contributed by atoms with Crippen molar-refractivity contribution in [3.05, 3.63) is 0 Å². The van der Waals surface area contributed by atoms with Crippen LogP contribution in [-0.2, 0) is 9.16 Å². The van der Waals surface area contributed by atoms with E-state index in [2.05, 4.69) is 33.9 Å². The van der Waals surface area contributed by atoms with Gasteiger partial charge >= 0.3 is 0 Å². The maximum Gasteiger partial charge on any atom is 0.192 e. The minimum Gasteiger partial charge on any atom is -0.414 e. The summed E-state index contributed by atoms with van der Waals surface area (Å²) in [6.07, 6.45) is -3.85. The Bertz CT molecular complexity index is 276. The van der Waals surface area contributed by atoms with Crippen LogP contribution in [0.15, 0.2) is 0 Å². The van der Waals surface area contributed by atoms with Gasteiger partial charge in [-0.25, -0.2) is 0 Å². The molecule has 0 unspecified atom stereocenters. The second-order valence-electron chi connectivity index (χ2n) is 6.49. The summed E-state index contributed by atoms with van der Waals surface area (Å²) in [4.78, 5) is 0. The quantitative estimate of drug-likeness (QED) is 0.655. The summed E-state index contributed by atoms with van der Waals surface area (Å²) in [7, 11) is -1.89. The van der Waals surface area contributed by atoms with Gasteiger partial charge in [-0.3, -0.25) is 0 Å². The lowest BCUT2D eigenvalue weighted by Crippen LogP contribution is -2.55. The first-order valence-electron chi connectivity index (χ1n) is 6.36. The molecule has 0 spiro atoms. The highest BCUT2D eigenvalue weighted by molar-refractivity contribution is 6.74. The summed E-state index contributed by atoms with van der Waals surface area (Å²) in [5.74, 6) is 0. The lowest BCUT2D eigenvalue weighted by atomic mass is 10.0.